The minimum atomic E-state index is 0.673. The summed E-state index contributed by atoms with van der Waals surface area (Å²) in [5.41, 5.74) is 20.6. The SMILES string of the molecule is CCc1cc(Cc2ccnc3cc(CN4CCCC4)c(CCN)cc23)ccc1N. The molecule has 0 atom stereocenters. The minimum absolute atomic E-state index is 0.673. The Morgan fingerprint density at radius 3 is 2.55 bits per heavy atom. The maximum absolute atomic E-state index is 6.09. The topological polar surface area (TPSA) is 68.2 Å². The summed E-state index contributed by atoms with van der Waals surface area (Å²) < 4.78 is 0. The van der Waals surface area contributed by atoms with Gasteiger partial charge in [0.1, 0.15) is 0 Å². The Hall–Kier alpha value is -2.43. The first-order chi connectivity index (χ1) is 14.2. The molecule has 0 radical (unpaired) electrons. The van der Waals surface area contributed by atoms with E-state index in [2.05, 4.69) is 42.2 Å². The molecule has 0 amide bonds. The second-order valence-electron chi connectivity index (χ2n) is 8.19. The van der Waals surface area contributed by atoms with Gasteiger partial charge in [-0.15, -0.1) is 0 Å². The van der Waals surface area contributed by atoms with E-state index >= 15 is 0 Å². The van der Waals surface area contributed by atoms with Crippen molar-refractivity contribution in [3.63, 3.8) is 0 Å². The van der Waals surface area contributed by atoms with E-state index in [0.717, 1.165) is 37.0 Å². The quantitative estimate of drug-likeness (QED) is 0.599. The lowest BCUT2D eigenvalue weighted by atomic mass is 9.95. The van der Waals surface area contributed by atoms with Crippen LogP contribution in [0.5, 0.6) is 0 Å². The molecule has 2 aromatic carbocycles. The molecule has 0 saturated carbocycles. The summed E-state index contributed by atoms with van der Waals surface area (Å²) in [5.74, 6) is 0. The first-order valence-corrected chi connectivity index (χ1v) is 10.9. The van der Waals surface area contributed by atoms with Gasteiger partial charge in [-0.2, -0.15) is 0 Å². The van der Waals surface area contributed by atoms with Crippen molar-refractivity contribution in [2.75, 3.05) is 25.4 Å². The first kappa shape index (κ1) is 19.9. The number of rotatable bonds is 7. The smallest absolute Gasteiger partial charge is 0.0708 e. The Kier molecular flexibility index (Phi) is 6.12. The van der Waals surface area contributed by atoms with Crippen LogP contribution in [-0.4, -0.2) is 29.5 Å². The normalized spacial score (nSPS) is 14.7. The number of pyridine rings is 1. The standard InChI is InChI=1S/C25H32N4/c1-2-19-13-18(5-6-24(19)27)14-21-8-10-28-25-16-22(17-29-11-3-4-12-29)20(7-9-26)15-23(21)25/h5-6,8,10,13,15-16H,2-4,7,9,11-12,14,17,26-27H2,1H3. The fourth-order valence-corrected chi connectivity index (χ4v) is 4.50. The zero-order valence-corrected chi connectivity index (χ0v) is 17.5. The molecule has 4 nitrogen and oxygen atoms in total. The van der Waals surface area contributed by atoms with Crippen LogP contribution in [0, 0.1) is 0 Å². The van der Waals surface area contributed by atoms with Crippen molar-refractivity contribution in [2.45, 2.75) is 45.6 Å². The van der Waals surface area contributed by atoms with Crippen LogP contribution in [0.4, 0.5) is 5.69 Å². The number of hydrogen-bond donors (Lipinski definition) is 2. The fraction of sp³-hybridized carbons (Fsp3) is 0.400. The molecule has 29 heavy (non-hydrogen) atoms. The van der Waals surface area contributed by atoms with Crippen molar-refractivity contribution in [1.82, 2.24) is 9.88 Å². The number of likely N-dealkylation sites (tertiary alicyclic amines) is 1. The Labute approximate surface area is 173 Å². The molecule has 1 aromatic heterocycles. The zero-order chi connectivity index (χ0) is 20.2. The highest BCUT2D eigenvalue weighted by molar-refractivity contribution is 5.84. The number of benzene rings is 2. The maximum Gasteiger partial charge on any atom is 0.0708 e. The lowest BCUT2D eigenvalue weighted by Gasteiger charge is -2.19. The second-order valence-corrected chi connectivity index (χ2v) is 8.19. The van der Waals surface area contributed by atoms with E-state index in [9.17, 15) is 0 Å². The summed E-state index contributed by atoms with van der Waals surface area (Å²) >= 11 is 0. The fourth-order valence-electron chi connectivity index (χ4n) is 4.50. The monoisotopic (exact) mass is 388 g/mol. The number of anilines is 1. The summed E-state index contributed by atoms with van der Waals surface area (Å²) in [4.78, 5) is 7.25. The van der Waals surface area contributed by atoms with Crippen molar-refractivity contribution < 1.29 is 0 Å². The van der Waals surface area contributed by atoms with Gasteiger partial charge in [-0.1, -0.05) is 19.1 Å². The molecule has 0 bridgehead atoms. The van der Waals surface area contributed by atoms with Crippen molar-refractivity contribution >= 4 is 16.6 Å². The van der Waals surface area contributed by atoms with Crippen molar-refractivity contribution in [3.8, 4) is 0 Å². The predicted molar refractivity (Wildman–Crippen MR) is 122 cm³/mol. The first-order valence-electron chi connectivity index (χ1n) is 10.9. The van der Waals surface area contributed by atoms with E-state index in [1.54, 1.807) is 0 Å². The van der Waals surface area contributed by atoms with Crippen LogP contribution in [-0.2, 0) is 25.8 Å². The molecule has 152 valence electrons. The molecule has 4 heteroatoms. The summed E-state index contributed by atoms with van der Waals surface area (Å²) in [6.45, 7) is 6.23. The van der Waals surface area contributed by atoms with Gasteiger partial charge in [-0.05, 0) is 104 Å². The van der Waals surface area contributed by atoms with Crippen LogP contribution < -0.4 is 11.5 Å². The Morgan fingerprint density at radius 2 is 1.79 bits per heavy atom. The molecule has 0 aliphatic carbocycles. The van der Waals surface area contributed by atoms with E-state index in [-0.39, 0.29) is 0 Å². The highest BCUT2D eigenvalue weighted by Crippen LogP contribution is 2.27. The van der Waals surface area contributed by atoms with E-state index < -0.39 is 0 Å². The predicted octanol–water partition coefficient (Wildman–Crippen LogP) is 4.07. The van der Waals surface area contributed by atoms with Gasteiger partial charge in [0.25, 0.3) is 0 Å². The number of hydrogen-bond acceptors (Lipinski definition) is 4. The van der Waals surface area contributed by atoms with Gasteiger partial charge >= 0.3 is 0 Å². The molecule has 1 saturated heterocycles. The third kappa shape index (κ3) is 4.44. The molecule has 1 fully saturated rings. The van der Waals surface area contributed by atoms with E-state index in [4.69, 9.17) is 16.5 Å². The Bertz CT molecular complexity index is 990. The molecule has 4 rings (SSSR count). The zero-order valence-electron chi connectivity index (χ0n) is 17.5. The number of fused-ring (bicyclic) bond motifs is 1. The molecule has 2 heterocycles. The van der Waals surface area contributed by atoms with Gasteiger partial charge in [-0.25, -0.2) is 0 Å². The number of aryl methyl sites for hydroxylation is 1. The van der Waals surface area contributed by atoms with Gasteiger partial charge in [0.15, 0.2) is 0 Å². The van der Waals surface area contributed by atoms with Gasteiger partial charge in [0.2, 0.25) is 0 Å². The molecule has 0 unspecified atom stereocenters. The van der Waals surface area contributed by atoms with E-state index in [1.807, 2.05) is 12.3 Å². The average molecular weight is 389 g/mol. The van der Waals surface area contributed by atoms with Crippen LogP contribution in [0.2, 0.25) is 0 Å². The summed E-state index contributed by atoms with van der Waals surface area (Å²) in [6, 6.07) is 13.2. The van der Waals surface area contributed by atoms with Crippen LogP contribution in [0.1, 0.15) is 47.6 Å². The third-order valence-electron chi connectivity index (χ3n) is 6.14. The number of nitrogens with two attached hydrogens (primary N) is 2. The molecular weight excluding hydrogens is 356 g/mol. The van der Waals surface area contributed by atoms with E-state index in [0.29, 0.717) is 6.54 Å². The highest BCUT2D eigenvalue weighted by Gasteiger charge is 2.15. The van der Waals surface area contributed by atoms with Crippen molar-refractivity contribution in [1.29, 1.82) is 0 Å². The van der Waals surface area contributed by atoms with Gasteiger partial charge in [-0.3, -0.25) is 9.88 Å². The van der Waals surface area contributed by atoms with Crippen LogP contribution >= 0.6 is 0 Å². The van der Waals surface area contributed by atoms with Gasteiger partial charge in [0.05, 0.1) is 5.52 Å². The average Bonchev–Trinajstić information content (AvgIpc) is 3.23. The summed E-state index contributed by atoms with van der Waals surface area (Å²) in [5, 5.41) is 1.25. The third-order valence-corrected chi connectivity index (χ3v) is 6.14. The summed E-state index contributed by atoms with van der Waals surface area (Å²) in [6.07, 6.45) is 7.32. The van der Waals surface area contributed by atoms with Crippen LogP contribution in [0.25, 0.3) is 10.9 Å². The highest BCUT2D eigenvalue weighted by atomic mass is 15.1. The Morgan fingerprint density at radius 1 is 0.966 bits per heavy atom. The molecular formula is C25H32N4. The maximum atomic E-state index is 6.09. The largest absolute Gasteiger partial charge is 0.399 e. The molecule has 4 N–H and O–H groups in total. The van der Waals surface area contributed by atoms with Gasteiger partial charge in [0, 0.05) is 23.8 Å². The second kappa shape index (κ2) is 8.93. The molecule has 1 aliphatic heterocycles. The number of nitrogens with zero attached hydrogens (tertiary/aromatic N) is 2. The lowest BCUT2D eigenvalue weighted by molar-refractivity contribution is 0.330. The lowest BCUT2D eigenvalue weighted by Crippen LogP contribution is -2.20. The number of nitrogen functional groups attached to an aromatic ring is 1. The van der Waals surface area contributed by atoms with E-state index in [1.165, 1.54) is 59.1 Å². The Balaban J connectivity index is 1.70. The van der Waals surface area contributed by atoms with Crippen molar-refractivity contribution in [2.24, 2.45) is 5.73 Å². The van der Waals surface area contributed by atoms with Crippen LogP contribution in [0.15, 0.2) is 42.6 Å². The number of aromatic nitrogens is 1. The molecule has 0 spiro atoms. The van der Waals surface area contributed by atoms with Gasteiger partial charge < -0.3 is 11.5 Å². The minimum Gasteiger partial charge on any atom is -0.399 e. The van der Waals surface area contributed by atoms with Crippen LogP contribution in [0.3, 0.4) is 0 Å². The summed E-state index contributed by atoms with van der Waals surface area (Å²) in [7, 11) is 0. The van der Waals surface area contributed by atoms with Crippen molar-refractivity contribution in [3.05, 3.63) is 70.4 Å². The molecule has 3 aromatic rings. The molecule has 1 aliphatic rings.